The van der Waals surface area contributed by atoms with E-state index >= 15 is 0 Å². The number of hydrogen-bond acceptors (Lipinski definition) is 8. The van der Waals surface area contributed by atoms with Crippen molar-refractivity contribution in [3.05, 3.63) is 53.9 Å². The van der Waals surface area contributed by atoms with Crippen molar-refractivity contribution in [3.8, 4) is 0 Å². The minimum atomic E-state index is -3.87. The van der Waals surface area contributed by atoms with E-state index in [2.05, 4.69) is 15.0 Å². The molecule has 1 aromatic carbocycles. The number of nitrogens with zero attached hydrogens (tertiary/aromatic N) is 1. The lowest BCUT2D eigenvalue weighted by Gasteiger charge is -2.22. The SMILES string of the molecule is COC(=O)C(Cc1cc(C=N)c(NS(=O)(=O)c2ccccc2)cn1)NC(=O)OC(C)(C)C. The van der Waals surface area contributed by atoms with Gasteiger partial charge in [-0.25, -0.2) is 18.0 Å². The lowest BCUT2D eigenvalue weighted by molar-refractivity contribution is -0.143. The summed E-state index contributed by atoms with van der Waals surface area (Å²) in [5.74, 6) is -0.706. The van der Waals surface area contributed by atoms with Crippen LogP contribution in [0, 0.1) is 5.41 Å². The third-order valence-corrected chi connectivity index (χ3v) is 5.42. The molecule has 1 unspecified atom stereocenters. The Hall–Kier alpha value is -3.47. The number of anilines is 1. The second-order valence-corrected chi connectivity index (χ2v) is 9.43. The zero-order valence-electron chi connectivity index (χ0n) is 18.2. The molecule has 2 rings (SSSR count). The number of alkyl carbamates (subject to hydrolysis) is 1. The Balaban J connectivity index is 2.23. The highest BCUT2D eigenvalue weighted by atomic mass is 32.2. The van der Waals surface area contributed by atoms with Gasteiger partial charge in [-0.2, -0.15) is 0 Å². The van der Waals surface area contributed by atoms with Crippen molar-refractivity contribution in [1.82, 2.24) is 10.3 Å². The van der Waals surface area contributed by atoms with E-state index in [0.29, 0.717) is 5.69 Å². The monoisotopic (exact) mass is 462 g/mol. The van der Waals surface area contributed by atoms with Gasteiger partial charge in [-0.1, -0.05) is 18.2 Å². The van der Waals surface area contributed by atoms with Crippen LogP contribution in [0.15, 0.2) is 47.5 Å². The van der Waals surface area contributed by atoms with E-state index in [4.69, 9.17) is 14.9 Å². The molecule has 0 radical (unpaired) electrons. The first-order chi connectivity index (χ1) is 14.9. The Labute approximate surface area is 186 Å². The third-order valence-electron chi connectivity index (χ3n) is 4.04. The third kappa shape index (κ3) is 7.05. The fourth-order valence-electron chi connectivity index (χ4n) is 2.63. The molecular formula is C21H26N4O6S. The van der Waals surface area contributed by atoms with Crippen LogP contribution >= 0.6 is 0 Å². The summed E-state index contributed by atoms with van der Waals surface area (Å²) >= 11 is 0. The molecule has 3 N–H and O–H groups in total. The summed E-state index contributed by atoms with van der Waals surface area (Å²) in [6, 6.07) is 8.13. The standard InChI is InChI=1S/C21H26N4O6S/c1-21(2,3)31-20(27)24-17(19(26)30-4)11-15-10-14(12-22)18(13-23-15)25-32(28,29)16-8-6-5-7-9-16/h5-10,12-13,17,22,25H,11H2,1-4H3,(H,24,27). The minimum absolute atomic E-state index is 0.0571. The molecule has 0 saturated carbocycles. The molecule has 0 spiro atoms. The highest BCUT2D eigenvalue weighted by Crippen LogP contribution is 2.20. The van der Waals surface area contributed by atoms with E-state index in [0.717, 1.165) is 6.21 Å². The molecule has 10 nitrogen and oxygen atoms in total. The lowest BCUT2D eigenvalue weighted by atomic mass is 10.1. The number of nitrogens with one attached hydrogen (secondary N) is 3. The topological polar surface area (TPSA) is 148 Å². The van der Waals surface area contributed by atoms with Crippen LogP contribution in [0.2, 0.25) is 0 Å². The van der Waals surface area contributed by atoms with Gasteiger partial charge < -0.3 is 20.2 Å². The van der Waals surface area contributed by atoms with Crippen LogP contribution in [0.4, 0.5) is 10.5 Å². The Morgan fingerprint density at radius 1 is 1.22 bits per heavy atom. The van der Waals surface area contributed by atoms with Crippen molar-refractivity contribution in [3.63, 3.8) is 0 Å². The molecule has 1 heterocycles. The maximum Gasteiger partial charge on any atom is 0.408 e. The molecule has 0 aliphatic heterocycles. The number of methoxy groups -OCH3 is 1. The molecule has 1 atom stereocenters. The number of aromatic nitrogens is 1. The number of amides is 1. The molecule has 0 fully saturated rings. The number of carbonyl (C=O) groups excluding carboxylic acids is 2. The molecule has 0 bridgehead atoms. The van der Waals surface area contributed by atoms with Crippen LogP contribution in [-0.4, -0.2) is 50.4 Å². The van der Waals surface area contributed by atoms with Crippen LogP contribution in [0.5, 0.6) is 0 Å². The van der Waals surface area contributed by atoms with Gasteiger partial charge in [-0.05, 0) is 39.0 Å². The van der Waals surface area contributed by atoms with Gasteiger partial charge in [0.25, 0.3) is 10.0 Å². The largest absolute Gasteiger partial charge is 0.467 e. The Morgan fingerprint density at radius 3 is 2.44 bits per heavy atom. The second-order valence-electron chi connectivity index (χ2n) is 7.75. The van der Waals surface area contributed by atoms with Gasteiger partial charge >= 0.3 is 12.1 Å². The average molecular weight is 463 g/mol. The number of carbonyl (C=O) groups is 2. The molecule has 0 saturated heterocycles. The maximum absolute atomic E-state index is 12.6. The molecule has 172 valence electrons. The number of pyridine rings is 1. The normalized spacial score (nSPS) is 12.4. The number of hydrogen-bond donors (Lipinski definition) is 3. The fourth-order valence-corrected chi connectivity index (χ4v) is 3.72. The number of ether oxygens (including phenoxy) is 2. The number of sulfonamides is 1. The van der Waals surface area contributed by atoms with Gasteiger partial charge in [0.15, 0.2) is 0 Å². The Kier molecular flexibility index (Phi) is 7.92. The zero-order valence-corrected chi connectivity index (χ0v) is 19.0. The van der Waals surface area contributed by atoms with Gasteiger partial charge in [0.2, 0.25) is 0 Å². The Morgan fingerprint density at radius 2 is 1.88 bits per heavy atom. The van der Waals surface area contributed by atoms with Crippen molar-refractivity contribution in [2.24, 2.45) is 0 Å². The maximum atomic E-state index is 12.6. The molecular weight excluding hydrogens is 436 g/mol. The van der Waals surface area contributed by atoms with E-state index in [-0.39, 0.29) is 22.6 Å². The summed E-state index contributed by atoms with van der Waals surface area (Å²) in [5, 5.41) is 10.1. The van der Waals surface area contributed by atoms with Gasteiger partial charge in [-0.15, -0.1) is 0 Å². The van der Waals surface area contributed by atoms with E-state index in [9.17, 15) is 18.0 Å². The van der Waals surface area contributed by atoms with Crippen molar-refractivity contribution in [1.29, 1.82) is 5.41 Å². The van der Waals surface area contributed by atoms with E-state index < -0.39 is 33.7 Å². The van der Waals surface area contributed by atoms with Crippen LogP contribution in [0.1, 0.15) is 32.0 Å². The molecule has 0 aliphatic carbocycles. The Bertz CT molecular complexity index is 1080. The summed E-state index contributed by atoms with van der Waals surface area (Å²) in [4.78, 5) is 28.4. The summed E-state index contributed by atoms with van der Waals surface area (Å²) in [7, 11) is -2.69. The second kappa shape index (κ2) is 10.2. The zero-order chi connectivity index (χ0) is 23.9. The van der Waals surface area contributed by atoms with Gasteiger partial charge in [-0.3, -0.25) is 9.71 Å². The highest BCUT2D eigenvalue weighted by Gasteiger charge is 2.26. The van der Waals surface area contributed by atoms with Crippen LogP contribution < -0.4 is 10.0 Å². The first kappa shape index (κ1) is 24.8. The molecule has 0 aliphatic rings. The van der Waals surface area contributed by atoms with E-state index in [1.54, 1.807) is 39.0 Å². The fraction of sp³-hybridized carbons (Fsp3) is 0.333. The molecule has 32 heavy (non-hydrogen) atoms. The summed E-state index contributed by atoms with van der Waals surface area (Å²) in [6.45, 7) is 5.06. The predicted octanol–water partition coefficient (Wildman–Crippen LogP) is 2.49. The number of esters is 1. The quantitative estimate of drug-likeness (QED) is 0.403. The number of benzene rings is 1. The average Bonchev–Trinajstić information content (AvgIpc) is 2.72. The van der Waals surface area contributed by atoms with Crippen molar-refractivity contribution in [2.75, 3.05) is 11.8 Å². The first-order valence-corrected chi connectivity index (χ1v) is 11.1. The minimum Gasteiger partial charge on any atom is -0.467 e. The van der Waals surface area contributed by atoms with Gasteiger partial charge in [0.05, 0.1) is 23.9 Å². The highest BCUT2D eigenvalue weighted by molar-refractivity contribution is 7.92. The van der Waals surface area contributed by atoms with Crippen LogP contribution in [-0.2, 0) is 30.7 Å². The van der Waals surface area contributed by atoms with E-state index in [1.165, 1.54) is 31.5 Å². The molecule has 1 aromatic heterocycles. The van der Waals surface area contributed by atoms with Gasteiger partial charge in [0.1, 0.15) is 11.6 Å². The summed E-state index contributed by atoms with van der Waals surface area (Å²) in [6.07, 6.45) is 1.35. The van der Waals surface area contributed by atoms with Crippen molar-refractivity contribution < 1.29 is 27.5 Å². The molecule has 11 heteroatoms. The van der Waals surface area contributed by atoms with E-state index in [1.807, 2.05) is 0 Å². The van der Waals surface area contributed by atoms with Gasteiger partial charge in [0, 0.05) is 23.9 Å². The first-order valence-electron chi connectivity index (χ1n) is 9.60. The smallest absolute Gasteiger partial charge is 0.408 e. The number of rotatable bonds is 8. The van der Waals surface area contributed by atoms with Crippen LogP contribution in [0.25, 0.3) is 0 Å². The van der Waals surface area contributed by atoms with Crippen molar-refractivity contribution >= 4 is 34.0 Å². The predicted molar refractivity (Wildman–Crippen MR) is 118 cm³/mol. The molecule has 2 aromatic rings. The van der Waals surface area contributed by atoms with Crippen molar-refractivity contribution in [2.45, 2.75) is 43.7 Å². The summed E-state index contributed by atoms with van der Waals surface area (Å²) < 4.78 is 37.4. The summed E-state index contributed by atoms with van der Waals surface area (Å²) in [5.41, 5.74) is -0.0937. The lowest BCUT2D eigenvalue weighted by Crippen LogP contribution is -2.45. The van der Waals surface area contributed by atoms with Crippen LogP contribution in [0.3, 0.4) is 0 Å². The molecule has 1 amide bonds.